The van der Waals surface area contributed by atoms with Gasteiger partial charge in [-0.25, -0.2) is 0 Å². The molecular formula is C12H17ClN2O2. The molecule has 0 aliphatic carbocycles. The Balaban J connectivity index is 2.71. The summed E-state index contributed by atoms with van der Waals surface area (Å²) in [7, 11) is 3.31. The maximum Gasteiger partial charge on any atom is 0.226 e. The van der Waals surface area contributed by atoms with Gasteiger partial charge in [-0.2, -0.15) is 0 Å². The molecule has 0 saturated carbocycles. The number of hydrogen-bond donors (Lipinski definition) is 1. The maximum absolute atomic E-state index is 11.9. The highest BCUT2D eigenvalue weighted by atomic mass is 35.5. The topological polar surface area (TPSA) is 55.6 Å². The number of nitrogens with zero attached hydrogens (tertiary/aromatic N) is 1. The number of carbonyl (C=O) groups is 1. The van der Waals surface area contributed by atoms with E-state index in [0.29, 0.717) is 35.8 Å². The smallest absolute Gasteiger partial charge is 0.226 e. The van der Waals surface area contributed by atoms with Crippen molar-refractivity contribution in [3.05, 3.63) is 23.2 Å². The number of hydrogen-bond acceptors (Lipinski definition) is 3. The monoisotopic (exact) mass is 256 g/mol. The van der Waals surface area contributed by atoms with E-state index in [1.54, 1.807) is 32.4 Å². The Labute approximate surface area is 106 Å². The van der Waals surface area contributed by atoms with Gasteiger partial charge in [0.05, 0.1) is 11.4 Å². The predicted molar refractivity (Wildman–Crippen MR) is 70.4 cm³/mol. The van der Waals surface area contributed by atoms with Crippen molar-refractivity contribution < 1.29 is 9.53 Å². The summed E-state index contributed by atoms with van der Waals surface area (Å²) in [6.45, 7) is 0.574. The molecule has 0 fully saturated rings. The second-order valence-corrected chi connectivity index (χ2v) is 4.19. The van der Waals surface area contributed by atoms with Crippen LogP contribution in [0, 0.1) is 0 Å². The van der Waals surface area contributed by atoms with Gasteiger partial charge in [0.25, 0.3) is 0 Å². The maximum atomic E-state index is 11.9. The van der Waals surface area contributed by atoms with Crippen LogP contribution in [-0.4, -0.2) is 26.7 Å². The van der Waals surface area contributed by atoms with Crippen LogP contribution in [0.3, 0.4) is 0 Å². The SMILES string of the molecule is COCCCC(=O)N(C)c1cc(Cl)ccc1N. The molecule has 0 saturated heterocycles. The third kappa shape index (κ3) is 3.91. The van der Waals surface area contributed by atoms with Crippen LogP contribution < -0.4 is 10.6 Å². The number of anilines is 2. The van der Waals surface area contributed by atoms with Gasteiger partial charge in [0.15, 0.2) is 0 Å². The Morgan fingerprint density at radius 3 is 2.88 bits per heavy atom. The van der Waals surface area contributed by atoms with Crippen LogP contribution in [0.15, 0.2) is 18.2 Å². The van der Waals surface area contributed by atoms with Gasteiger partial charge in [-0.05, 0) is 24.6 Å². The first-order valence-corrected chi connectivity index (χ1v) is 5.74. The predicted octanol–water partition coefficient (Wildman–Crippen LogP) is 2.31. The van der Waals surface area contributed by atoms with Crippen molar-refractivity contribution in [2.45, 2.75) is 12.8 Å². The minimum atomic E-state index is -0.00369. The van der Waals surface area contributed by atoms with Gasteiger partial charge in [-0.1, -0.05) is 11.6 Å². The van der Waals surface area contributed by atoms with Gasteiger partial charge in [0, 0.05) is 32.2 Å². The van der Waals surface area contributed by atoms with E-state index in [9.17, 15) is 4.79 Å². The van der Waals surface area contributed by atoms with Gasteiger partial charge in [-0.15, -0.1) is 0 Å². The van der Waals surface area contributed by atoms with Crippen LogP contribution in [-0.2, 0) is 9.53 Å². The standard InChI is InChI=1S/C12H17ClN2O2/c1-15(12(16)4-3-7-17-2)11-8-9(13)5-6-10(11)14/h5-6,8H,3-4,7,14H2,1-2H3. The Morgan fingerprint density at radius 1 is 1.53 bits per heavy atom. The summed E-state index contributed by atoms with van der Waals surface area (Å²) in [5.74, 6) is -0.00369. The molecule has 0 atom stereocenters. The first-order chi connectivity index (χ1) is 8.06. The average Bonchev–Trinajstić information content (AvgIpc) is 2.31. The molecule has 17 heavy (non-hydrogen) atoms. The minimum absolute atomic E-state index is 0.00369. The number of nitrogen functional groups attached to an aromatic ring is 1. The Hall–Kier alpha value is -1.26. The normalized spacial score (nSPS) is 10.3. The van der Waals surface area contributed by atoms with Gasteiger partial charge >= 0.3 is 0 Å². The summed E-state index contributed by atoms with van der Waals surface area (Å²) < 4.78 is 4.90. The minimum Gasteiger partial charge on any atom is -0.397 e. The van der Waals surface area contributed by atoms with Crippen molar-refractivity contribution >= 4 is 28.9 Å². The molecular weight excluding hydrogens is 240 g/mol. The zero-order valence-corrected chi connectivity index (χ0v) is 10.8. The van der Waals surface area contributed by atoms with Gasteiger partial charge in [0.2, 0.25) is 5.91 Å². The first kappa shape index (κ1) is 13.8. The molecule has 94 valence electrons. The van der Waals surface area contributed by atoms with Crippen molar-refractivity contribution in [3.63, 3.8) is 0 Å². The van der Waals surface area contributed by atoms with E-state index in [1.165, 1.54) is 4.90 Å². The van der Waals surface area contributed by atoms with Crippen molar-refractivity contribution in [2.75, 3.05) is 31.4 Å². The number of benzene rings is 1. The number of halogens is 1. The summed E-state index contributed by atoms with van der Waals surface area (Å²) in [6.07, 6.45) is 1.12. The van der Waals surface area contributed by atoms with E-state index in [-0.39, 0.29) is 5.91 Å². The summed E-state index contributed by atoms with van der Waals surface area (Å²) >= 11 is 5.88. The molecule has 1 amide bonds. The molecule has 4 nitrogen and oxygen atoms in total. The van der Waals surface area contributed by atoms with Crippen molar-refractivity contribution in [3.8, 4) is 0 Å². The highest BCUT2D eigenvalue weighted by molar-refractivity contribution is 6.31. The van der Waals surface area contributed by atoms with E-state index in [2.05, 4.69) is 0 Å². The lowest BCUT2D eigenvalue weighted by Crippen LogP contribution is -2.27. The average molecular weight is 257 g/mol. The molecule has 0 aliphatic rings. The molecule has 5 heteroatoms. The van der Waals surface area contributed by atoms with Gasteiger partial charge in [-0.3, -0.25) is 4.79 Å². The molecule has 0 heterocycles. The zero-order chi connectivity index (χ0) is 12.8. The number of methoxy groups -OCH3 is 1. The molecule has 0 radical (unpaired) electrons. The summed E-state index contributed by atoms with van der Waals surface area (Å²) in [5.41, 5.74) is 6.98. The second kappa shape index (κ2) is 6.47. The third-order valence-electron chi connectivity index (χ3n) is 2.47. The van der Waals surface area contributed by atoms with Crippen LogP contribution in [0.5, 0.6) is 0 Å². The Kier molecular flexibility index (Phi) is 5.25. The fourth-order valence-electron chi connectivity index (χ4n) is 1.48. The van der Waals surface area contributed by atoms with E-state index in [0.717, 1.165) is 0 Å². The van der Waals surface area contributed by atoms with Crippen LogP contribution in [0.1, 0.15) is 12.8 Å². The largest absolute Gasteiger partial charge is 0.397 e. The van der Waals surface area contributed by atoms with E-state index in [4.69, 9.17) is 22.1 Å². The van der Waals surface area contributed by atoms with Crippen LogP contribution in [0.25, 0.3) is 0 Å². The van der Waals surface area contributed by atoms with Crippen molar-refractivity contribution in [1.82, 2.24) is 0 Å². The highest BCUT2D eigenvalue weighted by Gasteiger charge is 2.13. The van der Waals surface area contributed by atoms with Crippen LogP contribution in [0.2, 0.25) is 5.02 Å². The molecule has 0 unspecified atom stereocenters. The first-order valence-electron chi connectivity index (χ1n) is 5.36. The molecule has 1 aromatic rings. The Morgan fingerprint density at radius 2 is 2.24 bits per heavy atom. The number of rotatable bonds is 5. The third-order valence-corrected chi connectivity index (χ3v) is 2.70. The molecule has 0 aromatic heterocycles. The second-order valence-electron chi connectivity index (χ2n) is 3.75. The fraction of sp³-hybridized carbons (Fsp3) is 0.417. The van der Waals surface area contributed by atoms with Gasteiger partial charge in [0.1, 0.15) is 0 Å². The van der Waals surface area contributed by atoms with Gasteiger partial charge < -0.3 is 15.4 Å². The fourth-order valence-corrected chi connectivity index (χ4v) is 1.64. The number of amides is 1. The number of carbonyl (C=O) groups excluding carboxylic acids is 1. The summed E-state index contributed by atoms with van der Waals surface area (Å²) in [5, 5.41) is 0.561. The lowest BCUT2D eigenvalue weighted by Gasteiger charge is -2.19. The lowest BCUT2D eigenvalue weighted by atomic mass is 10.2. The van der Waals surface area contributed by atoms with Crippen LogP contribution >= 0.6 is 11.6 Å². The van der Waals surface area contributed by atoms with Crippen molar-refractivity contribution in [1.29, 1.82) is 0 Å². The molecule has 0 spiro atoms. The summed E-state index contributed by atoms with van der Waals surface area (Å²) in [6, 6.07) is 5.07. The molecule has 0 bridgehead atoms. The molecule has 2 N–H and O–H groups in total. The molecule has 1 aromatic carbocycles. The zero-order valence-electron chi connectivity index (χ0n) is 10.1. The number of nitrogens with two attached hydrogens (primary N) is 1. The van der Waals surface area contributed by atoms with Crippen LogP contribution in [0.4, 0.5) is 11.4 Å². The van der Waals surface area contributed by atoms with E-state index < -0.39 is 0 Å². The Bertz CT molecular complexity index is 396. The molecule has 0 aliphatic heterocycles. The van der Waals surface area contributed by atoms with E-state index >= 15 is 0 Å². The van der Waals surface area contributed by atoms with E-state index in [1.807, 2.05) is 0 Å². The quantitative estimate of drug-likeness (QED) is 0.650. The summed E-state index contributed by atoms with van der Waals surface area (Å²) in [4.78, 5) is 13.4. The highest BCUT2D eigenvalue weighted by Crippen LogP contribution is 2.26. The molecule has 1 rings (SSSR count). The van der Waals surface area contributed by atoms with Crippen molar-refractivity contribution in [2.24, 2.45) is 0 Å². The lowest BCUT2D eigenvalue weighted by molar-refractivity contribution is -0.118. The number of ether oxygens (including phenoxy) is 1.